The molecule has 1 N–H and O–H groups in total. The number of pyridine rings is 2. The molecule has 2 aromatic heterocycles. The zero-order valence-electron chi connectivity index (χ0n) is 14.6. The van der Waals surface area contributed by atoms with E-state index in [0.29, 0.717) is 10.8 Å². The number of rotatable bonds is 5. The first-order valence-electron chi connectivity index (χ1n) is 8.57. The number of aromatic amines is 1. The van der Waals surface area contributed by atoms with Crippen molar-refractivity contribution in [2.45, 2.75) is 23.3 Å². The molecule has 2 heterocycles. The van der Waals surface area contributed by atoms with E-state index in [0.717, 1.165) is 28.1 Å². The van der Waals surface area contributed by atoms with Gasteiger partial charge in [0.15, 0.2) is 5.78 Å². The van der Waals surface area contributed by atoms with Gasteiger partial charge in [0.1, 0.15) is 4.64 Å². The highest BCUT2D eigenvalue weighted by atomic mass is 35.5. The Hall–Kier alpha value is -1.95. The van der Waals surface area contributed by atoms with Crippen LogP contribution in [0.15, 0.2) is 78.1 Å². The quantitative estimate of drug-likeness (QED) is 0.418. The van der Waals surface area contributed by atoms with E-state index in [2.05, 4.69) is 9.97 Å². The number of Topliss-reactive ketones (excluding diaryl/α,β-unsaturated/α-hetero) is 1. The smallest absolute Gasteiger partial charge is 0.153 e. The molecule has 0 bridgehead atoms. The van der Waals surface area contributed by atoms with Gasteiger partial charge in [-0.15, -0.1) is 0 Å². The number of nitrogens with zero attached hydrogens (tertiary/aromatic N) is 1. The Morgan fingerprint density at radius 3 is 2.37 bits per heavy atom. The van der Waals surface area contributed by atoms with Crippen LogP contribution >= 0.6 is 35.6 Å². The molecule has 1 saturated carbocycles. The van der Waals surface area contributed by atoms with Crippen LogP contribution in [0.25, 0.3) is 0 Å². The maximum atomic E-state index is 12.5. The molecule has 0 atom stereocenters. The Morgan fingerprint density at radius 1 is 1.11 bits per heavy atom. The van der Waals surface area contributed by atoms with Gasteiger partial charge in [-0.1, -0.05) is 59.8 Å². The molecular formula is C21H19ClN2OS2. The highest BCUT2D eigenvalue weighted by Crippen LogP contribution is 2.49. The lowest BCUT2D eigenvalue weighted by atomic mass is 9.92. The first-order chi connectivity index (χ1) is 13.1. The van der Waals surface area contributed by atoms with Crippen LogP contribution in [0.1, 0.15) is 18.4 Å². The Morgan fingerprint density at radius 2 is 1.85 bits per heavy atom. The summed E-state index contributed by atoms with van der Waals surface area (Å²) in [5, 5.41) is 1.60. The van der Waals surface area contributed by atoms with Crippen molar-refractivity contribution in [1.29, 1.82) is 0 Å². The molecule has 138 valence electrons. The molecule has 0 radical (unpaired) electrons. The maximum absolute atomic E-state index is 12.5. The van der Waals surface area contributed by atoms with Crippen LogP contribution in [0.5, 0.6) is 0 Å². The van der Waals surface area contributed by atoms with Crippen molar-refractivity contribution in [1.82, 2.24) is 9.97 Å². The number of hydrogen-bond donors (Lipinski definition) is 1. The number of ketones is 1. The van der Waals surface area contributed by atoms with Crippen molar-refractivity contribution in [3.8, 4) is 0 Å². The van der Waals surface area contributed by atoms with Gasteiger partial charge in [-0.25, -0.2) is 4.98 Å². The van der Waals surface area contributed by atoms with Gasteiger partial charge in [-0.2, -0.15) is 0 Å². The lowest BCUT2D eigenvalue weighted by Gasteiger charge is -2.14. The molecule has 3 nitrogen and oxygen atoms in total. The predicted octanol–water partition coefficient (Wildman–Crippen LogP) is 5.87. The lowest BCUT2D eigenvalue weighted by molar-refractivity contribution is -0.118. The van der Waals surface area contributed by atoms with Gasteiger partial charge in [-0.3, -0.25) is 4.79 Å². The number of nitrogens with one attached hydrogen (secondary N) is 1. The minimum absolute atomic E-state index is 0.271. The van der Waals surface area contributed by atoms with Crippen LogP contribution in [0.2, 0.25) is 5.02 Å². The summed E-state index contributed by atoms with van der Waals surface area (Å²) in [5.41, 5.74) is 0.820. The molecule has 27 heavy (non-hydrogen) atoms. The van der Waals surface area contributed by atoms with Gasteiger partial charge < -0.3 is 4.98 Å². The van der Waals surface area contributed by atoms with E-state index < -0.39 is 0 Å². The van der Waals surface area contributed by atoms with Crippen molar-refractivity contribution in [2.24, 2.45) is 0 Å². The molecular weight excluding hydrogens is 396 g/mol. The monoisotopic (exact) mass is 414 g/mol. The number of carbonyl (C=O) groups excluding carboxylic acids is 1. The molecule has 6 heteroatoms. The first kappa shape index (κ1) is 19.8. The SMILES string of the molecule is O=C(CSc1ccccn1)C1(c2ccc(Cl)cc2)CC1.S=c1cccc[nH]1. The van der Waals surface area contributed by atoms with E-state index in [1.54, 1.807) is 6.20 Å². The highest BCUT2D eigenvalue weighted by molar-refractivity contribution is 7.99. The molecule has 1 fully saturated rings. The Kier molecular flexibility index (Phi) is 6.83. The van der Waals surface area contributed by atoms with Gasteiger partial charge in [0.2, 0.25) is 0 Å². The summed E-state index contributed by atoms with van der Waals surface area (Å²) in [5.74, 6) is 0.759. The van der Waals surface area contributed by atoms with Crippen molar-refractivity contribution >= 4 is 41.4 Å². The Bertz CT molecular complexity index is 921. The number of aromatic nitrogens is 2. The van der Waals surface area contributed by atoms with Gasteiger partial charge in [0, 0.05) is 17.4 Å². The van der Waals surface area contributed by atoms with E-state index in [9.17, 15) is 4.79 Å². The van der Waals surface area contributed by atoms with E-state index in [1.165, 1.54) is 11.8 Å². The van der Waals surface area contributed by atoms with Gasteiger partial charge in [-0.05, 0) is 54.8 Å². The maximum Gasteiger partial charge on any atom is 0.153 e. The first-order valence-corrected chi connectivity index (χ1v) is 10.3. The van der Waals surface area contributed by atoms with Crippen molar-refractivity contribution in [2.75, 3.05) is 5.75 Å². The van der Waals surface area contributed by atoms with Crippen LogP contribution in [-0.2, 0) is 10.2 Å². The third-order valence-corrected chi connectivity index (χ3v) is 5.80. The molecule has 3 aromatic rings. The van der Waals surface area contributed by atoms with Crippen molar-refractivity contribution in [3.05, 3.63) is 88.3 Å². The summed E-state index contributed by atoms with van der Waals surface area (Å²) in [6, 6.07) is 19.0. The summed E-state index contributed by atoms with van der Waals surface area (Å²) in [6.07, 6.45) is 5.44. The molecule has 4 rings (SSSR count). The lowest BCUT2D eigenvalue weighted by Crippen LogP contribution is -2.22. The van der Waals surface area contributed by atoms with Crippen LogP contribution in [-0.4, -0.2) is 21.5 Å². The average molecular weight is 415 g/mol. The number of carbonyl (C=O) groups is 1. The summed E-state index contributed by atoms with van der Waals surface area (Å²) >= 11 is 12.2. The topological polar surface area (TPSA) is 45.8 Å². The van der Waals surface area contributed by atoms with Crippen LogP contribution < -0.4 is 0 Å². The zero-order chi connectivity index (χ0) is 19.1. The number of benzene rings is 1. The molecule has 0 unspecified atom stereocenters. The minimum Gasteiger partial charge on any atom is -0.353 e. The average Bonchev–Trinajstić information content (AvgIpc) is 3.51. The minimum atomic E-state index is -0.271. The number of halogens is 1. The fraction of sp³-hybridized carbons (Fsp3) is 0.190. The third kappa shape index (κ3) is 5.51. The van der Waals surface area contributed by atoms with E-state index in [-0.39, 0.29) is 11.2 Å². The normalized spacial score (nSPS) is 14.0. The predicted molar refractivity (Wildman–Crippen MR) is 114 cm³/mol. The second-order valence-electron chi connectivity index (χ2n) is 6.20. The Labute approximate surface area is 173 Å². The van der Waals surface area contributed by atoms with E-state index in [4.69, 9.17) is 23.8 Å². The molecule has 1 aromatic carbocycles. The van der Waals surface area contributed by atoms with E-state index in [1.807, 2.05) is 66.9 Å². The molecule has 1 aliphatic carbocycles. The number of thioether (sulfide) groups is 1. The summed E-state index contributed by atoms with van der Waals surface area (Å²) in [7, 11) is 0. The fourth-order valence-electron chi connectivity index (χ4n) is 2.71. The van der Waals surface area contributed by atoms with Gasteiger partial charge in [0.25, 0.3) is 0 Å². The molecule has 0 saturated heterocycles. The van der Waals surface area contributed by atoms with Gasteiger partial charge >= 0.3 is 0 Å². The molecule has 0 spiro atoms. The van der Waals surface area contributed by atoms with Crippen LogP contribution in [0.4, 0.5) is 0 Å². The molecule has 1 aliphatic rings. The third-order valence-electron chi connectivity index (χ3n) is 4.35. The molecule has 0 amide bonds. The number of hydrogen-bond acceptors (Lipinski definition) is 4. The summed E-state index contributed by atoms with van der Waals surface area (Å²) in [4.78, 5) is 19.6. The van der Waals surface area contributed by atoms with Gasteiger partial charge in [0.05, 0.1) is 16.2 Å². The summed E-state index contributed by atoms with van der Waals surface area (Å²) < 4.78 is 0.780. The van der Waals surface area contributed by atoms with Crippen molar-refractivity contribution < 1.29 is 4.79 Å². The number of H-pyrrole nitrogens is 1. The Balaban J connectivity index is 0.000000253. The second kappa shape index (κ2) is 9.31. The standard InChI is InChI=1S/C16H14ClNOS.C5H5NS/c17-13-6-4-12(5-7-13)16(8-9-16)14(19)11-20-15-3-1-2-10-18-15;7-5-3-1-2-4-6-5/h1-7,10H,8-9,11H2;1-4H,(H,6,7). The van der Waals surface area contributed by atoms with E-state index >= 15 is 0 Å². The zero-order valence-corrected chi connectivity index (χ0v) is 17.0. The van der Waals surface area contributed by atoms with Crippen molar-refractivity contribution in [3.63, 3.8) is 0 Å². The summed E-state index contributed by atoms with van der Waals surface area (Å²) in [6.45, 7) is 0. The fourth-order valence-corrected chi connectivity index (χ4v) is 3.85. The largest absolute Gasteiger partial charge is 0.353 e. The second-order valence-corrected chi connectivity index (χ2v) is 8.07. The van der Waals surface area contributed by atoms with Crippen LogP contribution in [0.3, 0.4) is 0 Å². The van der Waals surface area contributed by atoms with Crippen LogP contribution in [0, 0.1) is 4.64 Å². The highest BCUT2D eigenvalue weighted by Gasteiger charge is 2.50. The molecule has 0 aliphatic heterocycles.